The van der Waals surface area contributed by atoms with E-state index in [0.29, 0.717) is 24.6 Å². The Balaban J connectivity index is 1.46. The lowest BCUT2D eigenvalue weighted by atomic mass is 9.67. The molecule has 1 aromatic carbocycles. The number of imidazole rings is 1. The fourth-order valence-corrected chi connectivity index (χ4v) is 5.15. The molecule has 5 rings (SSSR count). The van der Waals surface area contributed by atoms with E-state index in [-0.39, 0.29) is 11.8 Å². The second-order valence-electron chi connectivity index (χ2n) is 7.99. The molecule has 3 atom stereocenters. The summed E-state index contributed by atoms with van der Waals surface area (Å²) in [5.41, 5.74) is 1.57. The quantitative estimate of drug-likeness (QED) is 0.760. The van der Waals surface area contributed by atoms with Crippen LogP contribution in [0.25, 0.3) is 5.65 Å². The lowest BCUT2D eigenvalue weighted by Crippen LogP contribution is -2.42. The predicted molar refractivity (Wildman–Crippen MR) is 101 cm³/mol. The second kappa shape index (κ2) is 5.96. The lowest BCUT2D eigenvalue weighted by molar-refractivity contribution is -0.0644. The highest BCUT2D eigenvalue weighted by atomic mass is 16.3. The zero-order valence-electron chi connectivity index (χ0n) is 15.5. The zero-order chi connectivity index (χ0) is 18.6. The van der Waals surface area contributed by atoms with Crippen molar-refractivity contribution in [3.63, 3.8) is 0 Å². The van der Waals surface area contributed by atoms with Crippen LogP contribution in [-0.4, -0.2) is 43.2 Å². The highest BCUT2D eigenvalue weighted by Gasteiger charge is 2.50. The summed E-state index contributed by atoms with van der Waals surface area (Å²) in [7, 11) is 1.92. The van der Waals surface area contributed by atoms with Gasteiger partial charge in [-0.05, 0) is 30.7 Å². The first-order valence-corrected chi connectivity index (χ1v) is 9.64. The van der Waals surface area contributed by atoms with Gasteiger partial charge in [-0.3, -0.25) is 4.79 Å². The zero-order valence-corrected chi connectivity index (χ0v) is 15.5. The number of nitrogens with zero attached hydrogens (tertiary/aromatic N) is 4. The minimum Gasteiger partial charge on any atom is -0.385 e. The van der Waals surface area contributed by atoms with E-state index in [4.69, 9.17) is 0 Å². The van der Waals surface area contributed by atoms with Crippen molar-refractivity contribution >= 4 is 11.6 Å². The van der Waals surface area contributed by atoms with Gasteiger partial charge in [0.2, 0.25) is 0 Å². The molecule has 1 N–H and O–H groups in total. The lowest BCUT2D eigenvalue weighted by Gasteiger charge is -2.41. The molecular weight excluding hydrogens is 340 g/mol. The highest BCUT2D eigenvalue weighted by Crippen LogP contribution is 2.48. The molecule has 1 amide bonds. The van der Waals surface area contributed by atoms with E-state index in [1.54, 1.807) is 10.7 Å². The number of rotatable bonds is 2. The summed E-state index contributed by atoms with van der Waals surface area (Å²) in [4.78, 5) is 15.2. The molecule has 3 aromatic rings. The van der Waals surface area contributed by atoms with Crippen LogP contribution >= 0.6 is 0 Å². The van der Waals surface area contributed by atoms with Gasteiger partial charge >= 0.3 is 0 Å². The second-order valence-corrected chi connectivity index (χ2v) is 7.99. The van der Waals surface area contributed by atoms with Crippen LogP contribution < -0.4 is 0 Å². The topological polar surface area (TPSA) is 62.8 Å². The van der Waals surface area contributed by atoms with Gasteiger partial charge in [0.15, 0.2) is 0 Å². The average molecular weight is 364 g/mol. The Morgan fingerprint density at radius 3 is 2.85 bits per heavy atom. The van der Waals surface area contributed by atoms with E-state index in [2.05, 4.69) is 5.10 Å². The van der Waals surface area contributed by atoms with Gasteiger partial charge in [-0.1, -0.05) is 30.3 Å². The first kappa shape index (κ1) is 16.6. The Kier molecular flexibility index (Phi) is 3.65. The summed E-state index contributed by atoms with van der Waals surface area (Å²) in [6, 6.07) is 9.96. The van der Waals surface area contributed by atoms with Gasteiger partial charge in [-0.15, -0.1) is 0 Å². The van der Waals surface area contributed by atoms with E-state index in [0.717, 1.165) is 30.5 Å². The van der Waals surface area contributed by atoms with Crippen molar-refractivity contribution in [3.05, 3.63) is 60.0 Å². The van der Waals surface area contributed by atoms with Crippen molar-refractivity contribution < 1.29 is 9.90 Å². The Hall–Kier alpha value is -2.60. The minimum absolute atomic E-state index is 0.0108. The normalized spacial score (nSPS) is 27.9. The van der Waals surface area contributed by atoms with Gasteiger partial charge in [0, 0.05) is 38.4 Å². The SMILES string of the molecule is Cn1ccn2ncc(C(=O)N3C[C@H]4CCC[C@](O)(c5ccccc5)[C@H]4C3)c12. The molecule has 1 saturated carbocycles. The van der Waals surface area contributed by atoms with Crippen molar-refractivity contribution in [2.75, 3.05) is 13.1 Å². The van der Waals surface area contributed by atoms with Gasteiger partial charge in [0.05, 0.1) is 11.8 Å². The van der Waals surface area contributed by atoms with E-state index < -0.39 is 5.60 Å². The van der Waals surface area contributed by atoms with Crippen LogP contribution in [0.3, 0.4) is 0 Å². The number of aliphatic hydroxyl groups is 1. The Morgan fingerprint density at radius 2 is 2.04 bits per heavy atom. The first-order valence-electron chi connectivity index (χ1n) is 9.64. The number of aromatic nitrogens is 3. The van der Waals surface area contributed by atoms with Crippen LogP contribution in [0, 0.1) is 11.8 Å². The predicted octanol–water partition coefficient (Wildman–Crippen LogP) is 2.43. The molecular formula is C21H24N4O2. The first-order chi connectivity index (χ1) is 13.1. The van der Waals surface area contributed by atoms with E-state index in [1.807, 2.05) is 59.2 Å². The molecule has 0 spiro atoms. The maximum Gasteiger partial charge on any atom is 0.259 e. The number of likely N-dealkylation sites (tertiary alicyclic amines) is 1. The van der Waals surface area contributed by atoms with Gasteiger partial charge in [0.1, 0.15) is 11.2 Å². The average Bonchev–Trinajstić information content (AvgIpc) is 3.39. The van der Waals surface area contributed by atoms with Crippen LogP contribution in [0.2, 0.25) is 0 Å². The number of carbonyl (C=O) groups is 1. The van der Waals surface area contributed by atoms with Crippen molar-refractivity contribution in [2.24, 2.45) is 18.9 Å². The Bertz CT molecular complexity index is 992. The number of hydrogen-bond donors (Lipinski definition) is 1. The van der Waals surface area contributed by atoms with Crippen molar-refractivity contribution in [3.8, 4) is 0 Å². The molecule has 140 valence electrons. The maximum atomic E-state index is 13.2. The summed E-state index contributed by atoms with van der Waals surface area (Å²) in [5, 5.41) is 15.9. The number of hydrogen-bond acceptors (Lipinski definition) is 3. The Labute approximate surface area is 158 Å². The fraction of sp³-hybridized carbons (Fsp3) is 0.429. The fourth-order valence-electron chi connectivity index (χ4n) is 5.15. The molecule has 2 aliphatic rings. The van der Waals surface area contributed by atoms with E-state index >= 15 is 0 Å². The number of fused-ring (bicyclic) bond motifs is 2. The largest absolute Gasteiger partial charge is 0.385 e. The summed E-state index contributed by atoms with van der Waals surface area (Å²) in [5.74, 6) is 0.432. The molecule has 0 bridgehead atoms. The third-order valence-electron chi connectivity index (χ3n) is 6.51. The van der Waals surface area contributed by atoms with Gasteiger partial charge < -0.3 is 14.6 Å². The van der Waals surface area contributed by atoms with Crippen LogP contribution in [-0.2, 0) is 12.6 Å². The molecule has 0 radical (unpaired) electrons. The third-order valence-corrected chi connectivity index (χ3v) is 6.51. The standard InChI is InChI=1S/C21H24N4O2/c1-23-10-11-25-19(23)17(12-22-25)20(26)24-13-15-6-5-9-21(27,18(15)14-24)16-7-3-2-4-8-16/h2-4,7-8,10-12,15,18,27H,5-6,9,13-14H2,1H3/t15-,18+,21+/m1/s1. The molecule has 3 heterocycles. The third kappa shape index (κ3) is 2.43. The molecule has 27 heavy (non-hydrogen) atoms. The van der Waals surface area contributed by atoms with Crippen molar-refractivity contribution in [2.45, 2.75) is 24.9 Å². The Morgan fingerprint density at radius 1 is 1.22 bits per heavy atom. The summed E-state index contributed by atoms with van der Waals surface area (Å²) >= 11 is 0. The summed E-state index contributed by atoms with van der Waals surface area (Å²) in [6.45, 7) is 1.30. The van der Waals surface area contributed by atoms with E-state index in [9.17, 15) is 9.90 Å². The molecule has 0 unspecified atom stereocenters. The van der Waals surface area contributed by atoms with Crippen molar-refractivity contribution in [1.29, 1.82) is 0 Å². The number of amides is 1. The maximum absolute atomic E-state index is 13.2. The van der Waals surface area contributed by atoms with Crippen LogP contribution in [0.4, 0.5) is 0 Å². The van der Waals surface area contributed by atoms with Gasteiger partial charge in [-0.25, -0.2) is 4.52 Å². The van der Waals surface area contributed by atoms with Crippen molar-refractivity contribution in [1.82, 2.24) is 19.1 Å². The summed E-state index contributed by atoms with van der Waals surface area (Å²) in [6.07, 6.45) is 8.22. The number of aryl methyl sites for hydroxylation is 1. The molecule has 1 aliphatic carbocycles. The highest BCUT2D eigenvalue weighted by molar-refractivity contribution is 6.00. The van der Waals surface area contributed by atoms with Crippen LogP contribution in [0.5, 0.6) is 0 Å². The number of benzene rings is 1. The number of carbonyl (C=O) groups excluding carboxylic acids is 1. The molecule has 2 aromatic heterocycles. The van der Waals surface area contributed by atoms with Crippen LogP contribution in [0.15, 0.2) is 48.9 Å². The molecule has 1 aliphatic heterocycles. The molecule has 6 nitrogen and oxygen atoms in total. The molecule has 2 fully saturated rings. The van der Waals surface area contributed by atoms with Gasteiger partial charge in [0.25, 0.3) is 5.91 Å². The van der Waals surface area contributed by atoms with E-state index in [1.165, 1.54) is 0 Å². The summed E-state index contributed by atoms with van der Waals surface area (Å²) < 4.78 is 3.65. The van der Waals surface area contributed by atoms with Crippen LogP contribution in [0.1, 0.15) is 35.2 Å². The van der Waals surface area contributed by atoms with Gasteiger partial charge in [-0.2, -0.15) is 5.10 Å². The minimum atomic E-state index is -0.849. The molecule has 6 heteroatoms. The smallest absolute Gasteiger partial charge is 0.259 e. The monoisotopic (exact) mass is 364 g/mol. The molecule has 1 saturated heterocycles.